The average Bonchev–Trinajstić information content (AvgIpc) is 3.18. The average molecular weight is 738 g/mol. The Morgan fingerprint density at radius 2 is 1.57 bits per heavy atom. The molecule has 54 heavy (non-hydrogen) atoms. The predicted octanol–water partition coefficient (Wildman–Crippen LogP) is 6.50. The van der Waals surface area contributed by atoms with E-state index in [1.807, 2.05) is 68.4 Å². The lowest BCUT2D eigenvalue weighted by atomic mass is 10.0. The number of hydrogen-bond acceptors (Lipinski definition) is 12. The van der Waals surface area contributed by atoms with Gasteiger partial charge in [0.2, 0.25) is 11.8 Å². The van der Waals surface area contributed by atoms with Gasteiger partial charge in [0.25, 0.3) is 0 Å². The van der Waals surface area contributed by atoms with E-state index in [2.05, 4.69) is 27.0 Å². The van der Waals surface area contributed by atoms with Gasteiger partial charge in [0.15, 0.2) is 11.6 Å². The SMILES string of the molecule is COc1ccc(CN(Cc2ccc(OC)cc2)c2nc(C)nc(-c3cc([C@@H](C)N4CCN(C(=O)O)CC4C)cnc3Nc3cnc(OC)c(F)c3)n2)cc1. The Bertz CT molecular complexity index is 2020. The number of aryl methyl sites for hydroxylation is 1. The smallest absolute Gasteiger partial charge is 0.407 e. The van der Waals surface area contributed by atoms with Crippen LogP contribution < -0.4 is 24.4 Å². The standard InChI is InChI=1S/C39H44FN9O5/c1-24-21-47(39(50)51)15-16-49(24)25(2)29-17-33(35(41-19-29)45-30-18-34(40)37(54-6)42-20-30)36-43-26(3)44-38(46-36)48(22-27-7-11-31(52-4)12-8-27)23-28-9-13-32(53-5)14-10-28/h7-14,17-20,24-25H,15-16,21-23H2,1-6H3,(H,41,45)(H,50,51)/t24?,25-/m1/s1. The molecule has 2 aromatic carbocycles. The summed E-state index contributed by atoms with van der Waals surface area (Å²) < 4.78 is 30.5. The lowest BCUT2D eigenvalue weighted by Crippen LogP contribution is -2.53. The number of pyridine rings is 2. The van der Waals surface area contributed by atoms with E-state index in [4.69, 9.17) is 34.1 Å². The predicted molar refractivity (Wildman–Crippen MR) is 202 cm³/mol. The van der Waals surface area contributed by atoms with Crippen LogP contribution in [0.4, 0.5) is 26.6 Å². The molecule has 3 aromatic heterocycles. The van der Waals surface area contributed by atoms with Crippen LogP contribution in [0.5, 0.6) is 17.4 Å². The third kappa shape index (κ3) is 8.74. The summed E-state index contributed by atoms with van der Waals surface area (Å²) in [6, 6.07) is 18.8. The second-order valence-electron chi connectivity index (χ2n) is 13.1. The molecular weight excluding hydrogens is 693 g/mol. The molecule has 14 nitrogen and oxygen atoms in total. The Hall–Kier alpha value is -6.09. The van der Waals surface area contributed by atoms with E-state index < -0.39 is 11.9 Å². The van der Waals surface area contributed by atoms with Gasteiger partial charge in [0, 0.05) is 57.1 Å². The number of nitrogens with one attached hydrogen (secondary N) is 1. The number of halogens is 1. The third-order valence-electron chi connectivity index (χ3n) is 9.43. The number of rotatable bonds is 13. The molecule has 2 N–H and O–H groups in total. The van der Waals surface area contributed by atoms with Gasteiger partial charge in [-0.05, 0) is 67.8 Å². The van der Waals surface area contributed by atoms with E-state index in [1.165, 1.54) is 24.3 Å². The van der Waals surface area contributed by atoms with Crippen LogP contribution in [0.1, 0.15) is 42.4 Å². The molecule has 0 aliphatic carbocycles. The number of piperazine rings is 1. The minimum atomic E-state index is -0.924. The van der Waals surface area contributed by atoms with E-state index in [0.29, 0.717) is 67.4 Å². The Labute approximate surface area is 313 Å². The first-order valence-electron chi connectivity index (χ1n) is 17.5. The van der Waals surface area contributed by atoms with Gasteiger partial charge in [-0.25, -0.2) is 24.1 Å². The third-order valence-corrected chi connectivity index (χ3v) is 9.43. The molecule has 0 spiro atoms. The molecular formula is C39H44FN9O5. The first-order chi connectivity index (χ1) is 26.0. The molecule has 15 heteroatoms. The molecule has 0 bridgehead atoms. The highest BCUT2D eigenvalue weighted by molar-refractivity contribution is 5.75. The van der Waals surface area contributed by atoms with Crippen molar-refractivity contribution in [2.45, 2.75) is 45.9 Å². The first-order valence-corrected chi connectivity index (χ1v) is 17.5. The van der Waals surface area contributed by atoms with Crippen molar-refractivity contribution in [1.82, 2.24) is 34.7 Å². The minimum Gasteiger partial charge on any atom is -0.497 e. The Kier molecular flexibility index (Phi) is 11.7. The number of amides is 1. The Morgan fingerprint density at radius 1 is 0.926 bits per heavy atom. The van der Waals surface area contributed by atoms with E-state index in [-0.39, 0.29) is 18.0 Å². The summed E-state index contributed by atoms with van der Waals surface area (Å²) in [7, 11) is 4.62. The lowest BCUT2D eigenvalue weighted by molar-refractivity contribution is 0.0529. The van der Waals surface area contributed by atoms with E-state index >= 15 is 0 Å². The zero-order valence-electron chi connectivity index (χ0n) is 31.2. The van der Waals surface area contributed by atoms with Crippen LogP contribution in [0, 0.1) is 12.7 Å². The highest BCUT2D eigenvalue weighted by atomic mass is 19.1. The summed E-state index contributed by atoms with van der Waals surface area (Å²) in [6.07, 6.45) is 2.30. The molecule has 1 saturated heterocycles. The van der Waals surface area contributed by atoms with Crippen LogP contribution >= 0.6 is 0 Å². The first kappa shape index (κ1) is 37.7. The maximum absolute atomic E-state index is 14.8. The topological polar surface area (TPSA) is 151 Å². The summed E-state index contributed by atoms with van der Waals surface area (Å²) in [4.78, 5) is 41.0. The molecule has 0 radical (unpaired) electrons. The number of benzene rings is 2. The van der Waals surface area contributed by atoms with Crippen molar-refractivity contribution in [1.29, 1.82) is 0 Å². The molecule has 5 aromatic rings. The van der Waals surface area contributed by atoms with Gasteiger partial charge in [-0.3, -0.25) is 4.90 Å². The van der Waals surface area contributed by atoms with Crippen LogP contribution in [-0.2, 0) is 13.1 Å². The molecule has 4 heterocycles. The summed E-state index contributed by atoms with van der Waals surface area (Å²) in [5.74, 6) is 2.44. The number of hydrogen-bond donors (Lipinski definition) is 2. The molecule has 1 unspecified atom stereocenters. The van der Waals surface area contributed by atoms with Gasteiger partial charge in [0.1, 0.15) is 23.1 Å². The van der Waals surface area contributed by atoms with Crippen LogP contribution in [0.3, 0.4) is 0 Å². The van der Waals surface area contributed by atoms with Gasteiger partial charge in [-0.1, -0.05) is 24.3 Å². The Balaban J connectivity index is 1.41. The van der Waals surface area contributed by atoms with E-state index in [1.54, 1.807) is 20.4 Å². The fourth-order valence-electron chi connectivity index (χ4n) is 6.50. The van der Waals surface area contributed by atoms with Crippen molar-refractivity contribution >= 4 is 23.5 Å². The number of methoxy groups -OCH3 is 3. The number of nitrogens with zero attached hydrogens (tertiary/aromatic N) is 8. The van der Waals surface area contributed by atoms with Gasteiger partial charge in [0.05, 0.1) is 38.8 Å². The van der Waals surface area contributed by atoms with Crippen LogP contribution in [0.25, 0.3) is 11.4 Å². The molecule has 1 aliphatic heterocycles. The van der Waals surface area contributed by atoms with Gasteiger partial charge in [-0.15, -0.1) is 0 Å². The minimum absolute atomic E-state index is 0.0325. The second kappa shape index (κ2) is 16.7. The molecule has 1 amide bonds. The number of aromatic nitrogens is 5. The van der Waals surface area contributed by atoms with E-state index in [0.717, 1.165) is 28.2 Å². The number of ether oxygens (including phenoxy) is 3. The van der Waals surface area contributed by atoms with Gasteiger partial charge in [-0.2, -0.15) is 9.97 Å². The van der Waals surface area contributed by atoms with Crippen LogP contribution in [0.15, 0.2) is 73.1 Å². The molecule has 2 atom stereocenters. The second-order valence-corrected chi connectivity index (χ2v) is 13.1. The fraction of sp³-hybridized carbons (Fsp3) is 0.333. The van der Waals surface area contributed by atoms with Crippen molar-refractivity contribution in [2.75, 3.05) is 51.2 Å². The molecule has 1 fully saturated rings. The van der Waals surface area contributed by atoms with Crippen LogP contribution in [-0.4, -0.2) is 92.9 Å². The molecule has 282 valence electrons. The number of anilines is 3. The quantitative estimate of drug-likeness (QED) is 0.136. The maximum Gasteiger partial charge on any atom is 0.407 e. The van der Waals surface area contributed by atoms with Crippen molar-refractivity contribution < 1.29 is 28.5 Å². The lowest BCUT2D eigenvalue weighted by Gasteiger charge is -2.42. The Morgan fingerprint density at radius 3 is 2.13 bits per heavy atom. The van der Waals surface area contributed by atoms with E-state index in [9.17, 15) is 14.3 Å². The normalized spacial score (nSPS) is 15.0. The summed E-state index contributed by atoms with van der Waals surface area (Å²) in [5, 5.41) is 12.8. The van der Waals surface area contributed by atoms with Crippen LogP contribution in [0.2, 0.25) is 0 Å². The number of carboxylic acid groups (broad SMARTS) is 1. The largest absolute Gasteiger partial charge is 0.497 e. The van der Waals surface area contributed by atoms with Crippen molar-refractivity contribution in [3.63, 3.8) is 0 Å². The van der Waals surface area contributed by atoms with Gasteiger partial charge >= 0.3 is 6.09 Å². The summed E-state index contributed by atoms with van der Waals surface area (Å²) in [6.45, 7) is 8.21. The summed E-state index contributed by atoms with van der Waals surface area (Å²) in [5.41, 5.74) is 3.84. The van der Waals surface area contributed by atoms with Crippen molar-refractivity contribution in [3.8, 4) is 28.8 Å². The summed E-state index contributed by atoms with van der Waals surface area (Å²) >= 11 is 0. The molecule has 6 rings (SSSR count). The van der Waals surface area contributed by atoms with Crippen molar-refractivity contribution in [3.05, 3.63) is 101 Å². The number of carbonyl (C=O) groups is 1. The van der Waals surface area contributed by atoms with Gasteiger partial charge < -0.3 is 34.4 Å². The maximum atomic E-state index is 14.8. The highest BCUT2D eigenvalue weighted by Crippen LogP contribution is 2.34. The fourth-order valence-corrected chi connectivity index (χ4v) is 6.50. The zero-order chi connectivity index (χ0) is 38.4. The highest BCUT2D eigenvalue weighted by Gasteiger charge is 2.31. The van der Waals surface area contributed by atoms with Crippen molar-refractivity contribution in [2.24, 2.45) is 0 Å². The monoisotopic (exact) mass is 737 g/mol. The molecule has 1 aliphatic rings. The zero-order valence-corrected chi connectivity index (χ0v) is 31.2. The molecule has 0 saturated carbocycles.